The van der Waals surface area contributed by atoms with Crippen LogP contribution in [0, 0.1) is 40.7 Å². The lowest BCUT2D eigenvalue weighted by atomic mass is 9.70. The van der Waals surface area contributed by atoms with Crippen molar-refractivity contribution in [3.05, 3.63) is 83.3 Å². The van der Waals surface area contributed by atoms with Gasteiger partial charge in [-0.2, -0.15) is 5.26 Å². The lowest BCUT2D eigenvalue weighted by Gasteiger charge is -2.48. The minimum atomic E-state index is -1.21. The Morgan fingerprint density at radius 2 is 1.66 bits per heavy atom. The monoisotopic (exact) mass is 518 g/mol. The van der Waals surface area contributed by atoms with Crippen LogP contribution in [0.25, 0.3) is 0 Å². The van der Waals surface area contributed by atoms with E-state index in [0.717, 1.165) is 6.20 Å². The van der Waals surface area contributed by atoms with E-state index in [9.17, 15) is 18.7 Å². The summed E-state index contributed by atoms with van der Waals surface area (Å²) >= 11 is 0. The van der Waals surface area contributed by atoms with Gasteiger partial charge in [-0.15, -0.1) is 10.2 Å². The molecule has 8 nitrogen and oxygen atoms in total. The number of halogens is 2. The number of likely N-dealkylation sites (tertiary alicyclic amines) is 1. The molecule has 5 atom stereocenters. The molecule has 1 N–H and O–H groups in total. The van der Waals surface area contributed by atoms with E-state index in [1.165, 1.54) is 18.2 Å². The number of aromatic nitrogens is 3. The van der Waals surface area contributed by atoms with E-state index in [0.29, 0.717) is 43.3 Å². The second kappa shape index (κ2) is 10.1. The second-order valence-corrected chi connectivity index (χ2v) is 10.3. The number of aliphatic hydroxyl groups is 1. The van der Waals surface area contributed by atoms with E-state index in [2.05, 4.69) is 15.2 Å². The number of pyridine rings is 1. The number of nitriles is 1. The van der Waals surface area contributed by atoms with Gasteiger partial charge in [0.2, 0.25) is 5.91 Å². The number of hydrogen-bond donors (Lipinski definition) is 1. The van der Waals surface area contributed by atoms with Gasteiger partial charge in [-0.1, -0.05) is 26.0 Å². The first kappa shape index (κ1) is 25.7. The van der Waals surface area contributed by atoms with Gasteiger partial charge in [-0.3, -0.25) is 9.78 Å². The molecule has 0 saturated carbocycles. The number of piperidine rings is 1. The maximum absolute atomic E-state index is 14.0. The zero-order valence-corrected chi connectivity index (χ0v) is 21.1. The van der Waals surface area contributed by atoms with Crippen molar-refractivity contribution in [2.75, 3.05) is 31.1 Å². The quantitative estimate of drug-likeness (QED) is 0.565. The molecule has 0 aliphatic carbocycles. The first-order valence-electron chi connectivity index (χ1n) is 12.6. The normalized spacial score (nSPS) is 27.3. The summed E-state index contributed by atoms with van der Waals surface area (Å²) in [6.07, 6.45) is 1.15. The van der Waals surface area contributed by atoms with Gasteiger partial charge in [0.1, 0.15) is 17.7 Å². The number of rotatable bonds is 4. The molecular formula is C28H28F2N6O2. The Morgan fingerprint density at radius 1 is 0.974 bits per heavy atom. The Balaban J connectivity index is 1.40. The molecule has 3 aromatic rings. The van der Waals surface area contributed by atoms with Crippen LogP contribution in [-0.4, -0.2) is 57.3 Å². The molecule has 2 aliphatic heterocycles. The van der Waals surface area contributed by atoms with Crippen molar-refractivity contribution >= 4 is 11.7 Å². The third kappa shape index (κ3) is 4.58. The van der Waals surface area contributed by atoms with Crippen LogP contribution in [0.4, 0.5) is 14.6 Å². The van der Waals surface area contributed by atoms with Gasteiger partial charge >= 0.3 is 0 Å². The molecule has 0 spiro atoms. The fraction of sp³-hybridized carbons (Fsp3) is 0.393. The van der Waals surface area contributed by atoms with Gasteiger partial charge in [0, 0.05) is 49.6 Å². The topological polar surface area (TPSA) is 106 Å². The molecule has 0 radical (unpaired) electrons. The summed E-state index contributed by atoms with van der Waals surface area (Å²) in [4.78, 5) is 22.0. The van der Waals surface area contributed by atoms with E-state index < -0.39 is 17.3 Å². The highest BCUT2D eigenvalue weighted by molar-refractivity contribution is 5.81. The summed E-state index contributed by atoms with van der Waals surface area (Å²) in [5, 5.41) is 28.8. The zero-order chi connectivity index (χ0) is 27.0. The number of anilines is 1. The first-order valence-corrected chi connectivity index (χ1v) is 12.6. The fourth-order valence-corrected chi connectivity index (χ4v) is 5.90. The average molecular weight is 519 g/mol. The van der Waals surface area contributed by atoms with Gasteiger partial charge in [-0.25, -0.2) is 8.78 Å². The Hall–Kier alpha value is -3.97. The van der Waals surface area contributed by atoms with E-state index in [4.69, 9.17) is 5.26 Å². The van der Waals surface area contributed by atoms with E-state index in [-0.39, 0.29) is 35.2 Å². The largest absolute Gasteiger partial charge is 0.384 e. The molecule has 1 amide bonds. The van der Waals surface area contributed by atoms with Crippen molar-refractivity contribution in [1.82, 2.24) is 20.1 Å². The van der Waals surface area contributed by atoms with E-state index in [1.807, 2.05) is 24.8 Å². The number of carbonyl (C=O) groups excluding carboxylic acids is 1. The lowest BCUT2D eigenvalue weighted by Crippen LogP contribution is -2.57. The zero-order valence-electron chi connectivity index (χ0n) is 21.1. The number of carbonyl (C=O) groups is 1. The molecule has 2 fully saturated rings. The fourth-order valence-electron chi connectivity index (χ4n) is 5.90. The van der Waals surface area contributed by atoms with Crippen molar-refractivity contribution in [3.63, 3.8) is 0 Å². The van der Waals surface area contributed by atoms with Crippen LogP contribution in [0.15, 0.2) is 54.7 Å². The molecule has 0 bridgehead atoms. The highest BCUT2D eigenvalue weighted by Crippen LogP contribution is 2.43. The molecular weight excluding hydrogens is 490 g/mol. The molecule has 1 unspecified atom stereocenters. The van der Waals surface area contributed by atoms with Crippen molar-refractivity contribution in [1.29, 1.82) is 5.26 Å². The predicted octanol–water partition coefficient (Wildman–Crippen LogP) is 3.24. The summed E-state index contributed by atoms with van der Waals surface area (Å²) < 4.78 is 27.1. The number of hydrogen-bond acceptors (Lipinski definition) is 7. The van der Waals surface area contributed by atoms with Crippen LogP contribution in [0.5, 0.6) is 0 Å². The minimum absolute atomic E-state index is 0.0786. The van der Waals surface area contributed by atoms with E-state index >= 15 is 0 Å². The summed E-state index contributed by atoms with van der Waals surface area (Å²) in [5.74, 6) is -1.77. The van der Waals surface area contributed by atoms with E-state index in [1.54, 1.807) is 35.2 Å². The maximum atomic E-state index is 14.0. The smallest absolute Gasteiger partial charge is 0.228 e. The van der Waals surface area contributed by atoms with Crippen molar-refractivity contribution in [3.8, 4) is 6.07 Å². The third-order valence-electron chi connectivity index (χ3n) is 7.97. The highest BCUT2D eigenvalue weighted by Gasteiger charge is 2.49. The Kier molecular flexibility index (Phi) is 6.80. The summed E-state index contributed by atoms with van der Waals surface area (Å²) in [6, 6.07) is 14.0. The Labute approximate surface area is 219 Å². The maximum Gasteiger partial charge on any atom is 0.228 e. The number of benzene rings is 1. The van der Waals surface area contributed by atoms with Crippen LogP contribution in [0.3, 0.4) is 0 Å². The number of nitrogens with zero attached hydrogens (tertiary/aromatic N) is 6. The SMILES string of the molecule is C[C@@H]1CN(C(=O)[C@@H]2CN(c3ccc(C#N)nn3)C[C@@H]2c2ccc(F)cn2)C[C@H](C)C1(O)c1ccc(F)cc1. The second-order valence-electron chi connectivity index (χ2n) is 10.3. The summed E-state index contributed by atoms with van der Waals surface area (Å²) in [5.41, 5.74) is 0.227. The summed E-state index contributed by atoms with van der Waals surface area (Å²) in [6.45, 7) is 5.22. The van der Waals surface area contributed by atoms with Crippen molar-refractivity contribution < 1.29 is 18.7 Å². The molecule has 196 valence electrons. The molecule has 2 saturated heterocycles. The first-order chi connectivity index (χ1) is 18.2. The standard InChI is InChI=1S/C28H28F2N6O2/c1-17-13-36(14-18(2)28(17,38)19-3-5-20(29)6-4-19)27(37)24-16-35(26-10-8-22(11-31)33-34-26)15-23(24)25-9-7-21(30)12-32-25/h3-10,12,17-18,23-24,38H,13-16H2,1-2H3/t17-,18+,23-,24+,28?/m0/s1. The van der Waals surface area contributed by atoms with Crippen LogP contribution < -0.4 is 4.90 Å². The average Bonchev–Trinajstić information content (AvgIpc) is 3.37. The minimum Gasteiger partial charge on any atom is -0.384 e. The molecule has 1 aromatic carbocycles. The molecule has 2 aliphatic rings. The molecule has 38 heavy (non-hydrogen) atoms. The van der Waals surface area contributed by atoms with Crippen molar-refractivity contribution in [2.45, 2.75) is 25.4 Å². The number of amides is 1. The van der Waals surface area contributed by atoms with Crippen LogP contribution in [0.2, 0.25) is 0 Å². The van der Waals surface area contributed by atoms with Crippen LogP contribution in [0.1, 0.15) is 36.7 Å². The highest BCUT2D eigenvalue weighted by atomic mass is 19.1. The van der Waals surface area contributed by atoms with Gasteiger partial charge in [0.05, 0.1) is 17.7 Å². The van der Waals surface area contributed by atoms with Gasteiger partial charge in [0.25, 0.3) is 0 Å². The van der Waals surface area contributed by atoms with Crippen LogP contribution in [-0.2, 0) is 10.4 Å². The predicted molar refractivity (Wildman–Crippen MR) is 135 cm³/mol. The Bertz CT molecular complexity index is 1330. The van der Waals surface area contributed by atoms with Crippen LogP contribution >= 0.6 is 0 Å². The third-order valence-corrected chi connectivity index (χ3v) is 7.97. The Morgan fingerprint density at radius 3 is 2.24 bits per heavy atom. The molecule has 4 heterocycles. The molecule has 2 aromatic heterocycles. The van der Waals surface area contributed by atoms with Gasteiger partial charge in [-0.05, 0) is 42.0 Å². The van der Waals surface area contributed by atoms with Gasteiger partial charge < -0.3 is 14.9 Å². The van der Waals surface area contributed by atoms with Crippen molar-refractivity contribution in [2.24, 2.45) is 17.8 Å². The molecule has 10 heteroatoms. The summed E-state index contributed by atoms with van der Waals surface area (Å²) in [7, 11) is 0. The molecule has 5 rings (SSSR count). The lowest BCUT2D eigenvalue weighted by molar-refractivity contribution is -0.152. The van der Waals surface area contributed by atoms with Gasteiger partial charge in [0.15, 0.2) is 11.5 Å².